The van der Waals surface area contributed by atoms with E-state index >= 15 is 0 Å². The highest BCUT2D eigenvalue weighted by atomic mass is 19.1. The highest BCUT2D eigenvalue weighted by Crippen LogP contribution is 2.42. The minimum absolute atomic E-state index is 0.00371. The summed E-state index contributed by atoms with van der Waals surface area (Å²) in [6.07, 6.45) is -1.06. The zero-order valence-electron chi connectivity index (χ0n) is 15.5. The molecule has 3 rings (SSSR count). The third-order valence-electron chi connectivity index (χ3n) is 4.42. The molecule has 148 valence electrons. The minimum Gasteiger partial charge on any atom is -0.473 e. The lowest BCUT2D eigenvalue weighted by atomic mass is 9.96. The SMILES string of the molecule is CC(C)(C)OC(=O)N1C[C@@]2(C[C@H]1C(N)=O)Oc1cc(C#N)cc(F)c1NC2=O. The Morgan fingerprint density at radius 2 is 2.14 bits per heavy atom. The van der Waals surface area contributed by atoms with E-state index in [1.165, 1.54) is 6.07 Å². The van der Waals surface area contributed by atoms with Crippen LogP contribution in [-0.4, -0.2) is 46.6 Å². The van der Waals surface area contributed by atoms with Crippen molar-refractivity contribution < 1.29 is 28.2 Å². The van der Waals surface area contributed by atoms with Gasteiger partial charge in [-0.3, -0.25) is 14.5 Å². The van der Waals surface area contributed by atoms with Crippen LogP contribution in [0.2, 0.25) is 0 Å². The van der Waals surface area contributed by atoms with Gasteiger partial charge >= 0.3 is 6.09 Å². The van der Waals surface area contributed by atoms with Crippen molar-refractivity contribution >= 4 is 23.6 Å². The molecule has 1 spiro atoms. The Balaban J connectivity index is 1.97. The number of nitriles is 1. The van der Waals surface area contributed by atoms with E-state index in [9.17, 15) is 18.8 Å². The zero-order valence-corrected chi connectivity index (χ0v) is 15.5. The number of amides is 3. The molecule has 0 radical (unpaired) electrons. The van der Waals surface area contributed by atoms with Crippen molar-refractivity contribution in [1.29, 1.82) is 5.26 Å². The predicted octanol–water partition coefficient (Wildman–Crippen LogP) is 1.26. The number of nitrogens with one attached hydrogen (secondary N) is 1. The van der Waals surface area contributed by atoms with Crippen molar-refractivity contribution in [3.63, 3.8) is 0 Å². The first-order chi connectivity index (χ1) is 13.0. The molecular formula is C18H19FN4O5. The number of hydrogen-bond donors (Lipinski definition) is 2. The van der Waals surface area contributed by atoms with Gasteiger partial charge in [0.15, 0.2) is 5.82 Å². The smallest absolute Gasteiger partial charge is 0.411 e. The average molecular weight is 390 g/mol. The lowest BCUT2D eigenvalue weighted by Gasteiger charge is -2.34. The number of halogens is 1. The van der Waals surface area contributed by atoms with E-state index in [0.717, 1.165) is 11.0 Å². The fourth-order valence-electron chi connectivity index (χ4n) is 3.21. The van der Waals surface area contributed by atoms with Crippen LogP contribution in [0.15, 0.2) is 12.1 Å². The van der Waals surface area contributed by atoms with Crippen molar-refractivity contribution in [2.75, 3.05) is 11.9 Å². The van der Waals surface area contributed by atoms with Gasteiger partial charge in [0.05, 0.1) is 18.2 Å². The number of likely N-dealkylation sites (tertiary alicyclic amines) is 1. The molecule has 3 N–H and O–H groups in total. The van der Waals surface area contributed by atoms with Gasteiger partial charge in [0.25, 0.3) is 5.91 Å². The molecule has 2 atom stereocenters. The summed E-state index contributed by atoms with van der Waals surface area (Å²) >= 11 is 0. The minimum atomic E-state index is -1.66. The molecule has 10 heteroatoms. The Morgan fingerprint density at radius 1 is 1.46 bits per heavy atom. The molecule has 2 aliphatic rings. The van der Waals surface area contributed by atoms with Crippen LogP contribution in [0.5, 0.6) is 5.75 Å². The first kappa shape index (κ1) is 19.4. The van der Waals surface area contributed by atoms with Crippen LogP contribution in [0, 0.1) is 17.1 Å². The van der Waals surface area contributed by atoms with Crippen molar-refractivity contribution in [3.05, 3.63) is 23.5 Å². The summed E-state index contributed by atoms with van der Waals surface area (Å²) < 4.78 is 25.2. The quantitative estimate of drug-likeness (QED) is 0.741. The van der Waals surface area contributed by atoms with Crippen LogP contribution < -0.4 is 15.8 Å². The van der Waals surface area contributed by atoms with Gasteiger partial charge < -0.3 is 20.5 Å². The molecule has 0 bridgehead atoms. The lowest BCUT2D eigenvalue weighted by Crippen LogP contribution is -2.53. The second-order valence-electron chi connectivity index (χ2n) is 7.72. The van der Waals surface area contributed by atoms with Crippen LogP contribution >= 0.6 is 0 Å². The Bertz CT molecular complexity index is 920. The predicted molar refractivity (Wildman–Crippen MR) is 93.6 cm³/mol. The van der Waals surface area contributed by atoms with Gasteiger partial charge in [-0.25, -0.2) is 9.18 Å². The summed E-state index contributed by atoms with van der Waals surface area (Å²) in [4.78, 5) is 38.2. The van der Waals surface area contributed by atoms with Gasteiger partial charge in [-0.15, -0.1) is 0 Å². The molecule has 0 saturated carbocycles. The number of nitrogens with two attached hydrogens (primary N) is 1. The van der Waals surface area contributed by atoms with Gasteiger partial charge in [-0.1, -0.05) is 0 Å². The summed E-state index contributed by atoms with van der Waals surface area (Å²) in [6.45, 7) is 4.64. The van der Waals surface area contributed by atoms with Crippen LogP contribution in [0.25, 0.3) is 0 Å². The molecule has 3 amide bonds. The van der Waals surface area contributed by atoms with E-state index in [4.69, 9.17) is 20.5 Å². The molecule has 0 aliphatic carbocycles. The number of hydrogen-bond acceptors (Lipinski definition) is 6. The van der Waals surface area contributed by atoms with E-state index in [-0.39, 0.29) is 30.0 Å². The lowest BCUT2D eigenvalue weighted by molar-refractivity contribution is -0.131. The number of ether oxygens (including phenoxy) is 2. The molecular weight excluding hydrogens is 371 g/mol. The zero-order chi connectivity index (χ0) is 20.9. The second-order valence-corrected chi connectivity index (χ2v) is 7.72. The Morgan fingerprint density at radius 3 is 2.71 bits per heavy atom. The van der Waals surface area contributed by atoms with Gasteiger partial charge in [-0.05, 0) is 26.8 Å². The highest BCUT2D eigenvalue weighted by Gasteiger charge is 2.57. The van der Waals surface area contributed by atoms with Crippen molar-refractivity contribution in [1.82, 2.24) is 4.90 Å². The molecule has 1 aromatic carbocycles. The molecule has 0 aromatic heterocycles. The molecule has 2 heterocycles. The Labute approximate surface area is 160 Å². The highest BCUT2D eigenvalue weighted by molar-refractivity contribution is 6.03. The fourth-order valence-corrected chi connectivity index (χ4v) is 3.21. The van der Waals surface area contributed by atoms with E-state index in [2.05, 4.69) is 5.32 Å². The molecule has 9 nitrogen and oxygen atoms in total. The van der Waals surface area contributed by atoms with Gasteiger partial charge in [0, 0.05) is 12.5 Å². The summed E-state index contributed by atoms with van der Waals surface area (Å²) in [7, 11) is 0. The van der Waals surface area contributed by atoms with E-state index < -0.39 is 41.0 Å². The third-order valence-corrected chi connectivity index (χ3v) is 4.42. The maximum atomic E-state index is 14.2. The van der Waals surface area contributed by atoms with Gasteiger partial charge in [0.1, 0.15) is 23.1 Å². The molecule has 2 aliphatic heterocycles. The molecule has 1 saturated heterocycles. The standard InChI is InChI=1S/C18H19FN4O5/c1-17(2,3)28-16(26)23-8-18(6-11(23)14(21)24)15(25)22-13-10(19)4-9(7-20)5-12(13)27-18/h4-5,11H,6,8H2,1-3H3,(H2,21,24)(H,22,25)/t11-,18+/m0/s1. The Kier molecular flexibility index (Phi) is 4.41. The molecule has 28 heavy (non-hydrogen) atoms. The number of primary amides is 1. The van der Waals surface area contributed by atoms with Gasteiger partial charge in [-0.2, -0.15) is 5.26 Å². The monoisotopic (exact) mass is 390 g/mol. The number of fused-ring (bicyclic) bond motifs is 1. The van der Waals surface area contributed by atoms with Crippen molar-refractivity contribution in [2.45, 2.75) is 44.4 Å². The van der Waals surface area contributed by atoms with E-state index in [1.54, 1.807) is 26.8 Å². The van der Waals surface area contributed by atoms with Crippen LogP contribution in [0.3, 0.4) is 0 Å². The number of rotatable bonds is 1. The van der Waals surface area contributed by atoms with Crippen LogP contribution in [-0.2, 0) is 14.3 Å². The number of carbonyl (C=O) groups is 3. The summed E-state index contributed by atoms with van der Waals surface area (Å²) in [6, 6.07) is 2.89. The van der Waals surface area contributed by atoms with Crippen molar-refractivity contribution in [2.24, 2.45) is 5.73 Å². The number of carbonyl (C=O) groups excluding carboxylic acids is 3. The molecule has 1 fully saturated rings. The van der Waals surface area contributed by atoms with Crippen LogP contribution in [0.1, 0.15) is 32.8 Å². The van der Waals surface area contributed by atoms with E-state index in [0.29, 0.717) is 0 Å². The van der Waals surface area contributed by atoms with Crippen molar-refractivity contribution in [3.8, 4) is 11.8 Å². The first-order valence-electron chi connectivity index (χ1n) is 8.49. The van der Waals surface area contributed by atoms with E-state index in [1.807, 2.05) is 0 Å². The normalized spacial score (nSPS) is 23.5. The summed E-state index contributed by atoms with van der Waals surface area (Å²) in [5.74, 6) is -2.45. The summed E-state index contributed by atoms with van der Waals surface area (Å²) in [5.41, 5.74) is 2.71. The molecule has 1 aromatic rings. The first-order valence-corrected chi connectivity index (χ1v) is 8.49. The number of benzene rings is 1. The summed E-state index contributed by atoms with van der Waals surface area (Å²) in [5, 5.41) is 11.4. The largest absolute Gasteiger partial charge is 0.473 e. The number of nitrogens with zero attached hydrogens (tertiary/aromatic N) is 2. The topological polar surface area (TPSA) is 135 Å². The van der Waals surface area contributed by atoms with Gasteiger partial charge in [0.2, 0.25) is 11.5 Å². The number of anilines is 1. The Hall–Kier alpha value is -3.35. The molecule has 0 unspecified atom stereocenters. The second kappa shape index (κ2) is 6.37. The third kappa shape index (κ3) is 3.31. The maximum absolute atomic E-state index is 14.2. The maximum Gasteiger partial charge on any atom is 0.411 e. The average Bonchev–Trinajstić information content (AvgIpc) is 2.96. The fraction of sp³-hybridized carbons (Fsp3) is 0.444. The van der Waals surface area contributed by atoms with Crippen LogP contribution in [0.4, 0.5) is 14.9 Å².